The Hall–Kier alpha value is -2.53. The van der Waals surface area contributed by atoms with Crippen molar-refractivity contribution < 1.29 is 34.8 Å². The number of amides is 3. The van der Waals surface area contributed by atoms with Crippen molar-refractivity contribution in [1.82, 2.24) is 10.6 Å². The van der Waals surface area contributed by atoms with Crippen LogP contribution in [0.25, 0.3) is 0 Å². The second-order valence-electron chi connectivity index (χ2n) is 7.09. The van der Waals surface area contributed by atoms with Gasteiger partial charge in [0.05, 0.1) is 25.9 Å². The van der Waals surface area contributed by atoms with Gasteiger partial charge in [0.2, 0.25) is 0 Å². The Morgan fingerprint density at radius 3 is 1.88 bits per heavy atom. The molecule has 3 amide bonds. The molecule has 0 aromatic heterocycles. The fourth-order valence-electron chi connectivity index (χ4n) is 3.36. The van der Waals surface area contributed by atoms with E-state index in [4.69, 9.17) is 5.11 Å². The van der Waals surface area contributed by atoms with E-state index in [0.29, 0.717) is 29.5 Å². The van der Waals surface area contributed by atoms with Gasteiger partial charge in [-0.1, -0.05) is 27.7 Å². The Labute approximate surface area is 195 Å². The SMILES string of the molecule is CC.CCc1c(NC(=O)C(C)O)c(C)c(C(=O)NC(CO)CO)c(CC)c1C(=O)NCCO. The molecule has 10 heteroatoms. The Morgan fingerprint density at radius 2 is 1.45 bits per heavy atom. The number of hydrogen-bond donors (Lipinski definition) is 7. The molecule has 1 unspecified atom stereocenters. The van der Waals surface area contributed by atoms with Crippen LogP contribution >= 0.6 is 0 Å². The molecule has 0 aliphatic carbocycles. The van der Waals surface area contributed by atoms with Gasteiger partial charge in [0, 0.05) is 23.4 Å². The first-order valence-corrected chi connectivity index (χ1v) is 11.3. The predicted molar refractivity (Wildman–Crippen MR) is 126 cm³/mol. The molecule has 0 saturated heterocycles. The van der Waals surface area contributed by atoms with Gasteiger partial charge in [0.25, 0.3) is 17.7 Å². The van der Waals surface area contributed by atoms with Crippen molar-refractivity contribution in [1.29, 1.82) is 0 Å². The summed E-state index contributed by atoms with van der Waals surface area (Å²) in [7, 11) is 0. The first kappa shape index (κ1) is 30.5. The summed E-state index contributed by atoms with van der Waals surface area (Å²) in [6.45, 7) is 9.26. The fraction of sp³-hybridized carbons (Fsp3) is 0.609. The first-order valence-electron chi connectivity index (χ1n) is 11.3. The van der Waals surface area contributed by atoms with Gasteiger partial charge in [-0.05, 0) is 43.4 Å². The molecule has 188 valence electrons. The molecule has 0 aliphatic rings. The maximum atomic E-state index is 13.1. The van der Waals surface area contributed by atoms with Crippen LogP contribution in [0.1, 0.15) is 72.0 Å². The number of hydrogen-bond acceptors (Lipinski definition) is 7. The molecule has 1 atom stereocenters. The summed E-state index contributed by atoms with van der Waals surface area (Å²) in [6, 6.07) is -0.898. The van der Waals surface area contributed by atoms with Crippen LogP contribution in [0.3, 0.4) is 0 Å². The molecule has 1 aromatic carbocycles. The topological polar surface area (TPSA) is 168 Å². The molecular formula is C23H39N3O7. The lowest BCUT2D eigenvalue weighted by atomic mass is 9.86. The Bertz CT molecular complexity index is 806. The van der Waals surface area contributed by atoms with Crippen molar-refractivity contribution in [3.8, 4) is 0 Å². The van der Waals surface area contributed by atoms with E-state index in [1.165, 1.54) is 6.92 Å². The van der Waals surface area contributed by atoms with Gasteiger partial charge in [-0.25, -0.2) is 0 Å². The third-order valence-corrected chi connectivity index (χ3v) is 4.92. The van der Waals surface area contributed by atoms with Crippen LogP contribution in [-0.2, 0) is 17.6 Å². The van der Waals surface area contributed by atoms with E-state index in [0.717, 1.165) is 0 Å². The zero-order valence-corrected chi connectivity index (χ0v) is 20.4. The van der Waals surface area contributed by atoms with Crippen molar-refractivity contribution in [2.75, 3.05) is 31.7 Å². The maximum Gasteiger partial charge on any atom is 0.252 e. The molecule has 0 spiro atoms. The molecule has 33 heavy (non-hydrogen) atoms. The standard InChI is InChI=1S/C21H33N3O7.C2H6/c1-5-14-16(21(31)23-13(9-26)10-27)11(3)18(24-19(29)12(4)28)15(6-2)17(14)20(30)22-7-8-25;1-2/h12-13,25-28H,5-10H2,1-4H3,(H,22,30)(H,23,31)(H,24,29);1-2H3. The number of carbonyl (C=O) groups is 3. The van der Waals surface area contributed by atoms with Gasteiger partial charge in [-0.3, -0.25) is 14.4 Å². The lowest BCUT2D eigenvalue weighted by Gasteiger charge is -2.25. The van der Waals surface area contributed by atoms with Gasteiger partial charge in [0.15, 0.2) is 0 Å². The molecule has 0 saturated carbocycles. The van der Waals surface area contributed by atoms with Gasteiger partial charge in [-0.2, -0.15) is 0 Å². The third kappa shape index (κ3) is 7.78. The summed E-state index contributed by atoms with van der Waals surface area (Å²) in [4.78, 5) is 38.3. The van der Waals surface area contributed by atoms with Gasteiger partial charge >= 0.3 is 0 Å². The van der Waals surface area contributed by atoms with E-state index in [9.17, 15) is 29.7 Å². The van der Waals surface area contributed by atoms with Crippen molar-refractivity contribution in [2.24, 2.45) is 0 Å². The van der Waals surface area contributed by atoms with Crippen molar-refractivity contribution in [3.63, 3.8) is 0 Å². The fourth-order valence-corrected chi connectivity index (χ4v) is 3.36. The largest absolute Gasteiger partial charge is 0.395 e. The molecule has 0 bridgehead atoms. The highest BCUT2D eigenvalue weighted by atomic mass is 16.3. The van der Waals surface area contributed by atoms with E-state index in [-0.39, 0.29) is 30.0 Å². The van der Waals surface area contributed by atoms with Crippen LogP contribution in [-0.4, -0.2) is 76.7 Å². The number of aliphatic hydroxyl groups excluding tert-OH is 4. The van der Waals surface area contributed by atoms with Crippen molar-refractivity contribution in [2.45, 2.75) is 66.5 Å². The zero-order valence-electron chi connectivity index (χ0n) is 20.4. The molecular weight excluding hydrogens is 430 g/mol. The number of benzene rings is 1. The minimum atomic E-state index is -1.31. The lowest BCUT2D eigenvalue weighted by Crippen LogP contribution is -2.41. The van der Waals surface area contributed by atoms with E-state index >= 15 is 0 Å². The summed E-state index contributed by atoms with van der Waals surface area (Å²) >= 11 is 0. The van der Waals surface area contributed by atoms with Gasteiger partial charge in [0.1, 0.15) is 6.10 Å². The maximum absolute atomic E-state index is 13.1. The molecule has 0 fully saturated rings. The van der Waals surface area contributed by atoms with E-state index in [1.807, 2.05) is 13.8 Å². The monoisotopic (exact) mass is 469 g/mol. The van der Waals surface area contributed by atoms with E-state index in [1.54, 1.807) is 20.8 Å². The molecule has 7 N–H and O–H groups in total. The summed E-state index contributed by atoms with van der Waals surface area (Å²) < 4.78 is 0. The second kappa shape index (κ2) is 15.3. The van der Waals surface area contributed by atoms with Crippen LogP contribution in [0.4, 0.5) is 5.69 Å². The minimum absolute atomic E-state index is 0.00696. The lowest BCUT2D eigenvalue weighted by molar-refractivity contribution is -0.123. The van der Waals surface area contributed by atoms with Crippen molar-refractivity contribution in [3.05, 3.63) is 27.8 Å². The highest BCUT2D eigenvalue weighted by Crippen LogP contribution is 2.33. The average molecular weight is 470 g/mol. The number of rotatable bonds is 11. The molecule has 0 radical (unpaired) electrons. The second-order valence-corrected chi connectivity index (χ2v) is 7.09. The molecule has 0 heterocycles. The van der Waals surface area contributed by atoms with Crippen LogP contribution < -0.4 is 16.0 Å². The quantitative estimate of drug-likeness (QED) is 0.244. The number of aliphatic hydroxyl groups is 4. The minimum Gasteiger partial charge on any atom is -0.395 e. The molecule has 1 aromatic rings. The molecule has 1 rings (SSSR count). The summed E-state index contributed by atoms with van der Waals surface area (Å²) in [5, 5.41) is 45.1. The third-order valence-electron chi connectivity index (χ3n) is 4.92. The van der Waals surface area contributed by atoms with Crippen LogP contribution in [0.5, 0.6) is 0 Å². The van der Waals surface area contributed by atoms with Crippen LogP contribution in [0.2, 0.25) is 0 Å². The average Bonchev–Trinajstić information content (AvgIpc) is 2.82. The zero-order chi connectivity index (χ0) is 25.7. The highest BCUT2D eigenvalue weighted by molar-refractivity contribution is 6.08. The Balaban J connectivity index is 0.00000497. The van der Waals surface area contributed by atoms with Gasteiger partial charge in [-0.15, -0.1) is 0 Å². The number of carbonyl (C=O) groups excluding carboxylic acids is 3. The summed E-state index contributed by atoms with van der Waals surface area (Å²) in [5.74, 6) is -1.82. The molecule has 0 aliphatic heterocycles. The Morgan fingerprint density at radius 1 is 0.909 bits per heavy atom. The number of nitrogens with one attached hydrogen (secondary N) is 3. The summed E-state index contributed by atoms with van der Waals surface area (Å²) in [6.07, 6.45) is -0.651. The van der Waals surface area contributed by atoms with E-state index < -0.39 is 43.1 Å². The van der Waals surface area contributed by atoms with Crippen LogP contribution in [0.15, 0.2) is 0 Å². The van der Waals surface area contributed by atoms with Crippen LogP contribution in [0, 0.1) is 6.92 Å². The van der Waals surface area contributed by atoms with Gasteiger partial charge < -0.3 is 36.4 Å². The predicted octanol–water partition coefficient (Wildman–Crippen LogP) is 0.270. The number of anilines is 1. The van der Waals surface area contributed by atoms with Crippen molar-refractivity contribution >= 4 is 23.4 Å². The smallest absolute Gasteiger partial charge is 0.252 e. The molecule has 10 nitrogen and oxygen atoms in total. The Kier molecular flexibility index (Phi) is 14.2. The normalized spacial score (nSPS) is 11.4. The summed E-state index contributed by atoms with van der Waals surface area (Å²) in [5.41, 5.74) is 1.92. The first-order chi connectivity index (χ1) is 15.7. The van der Waals surface area contributed by atoms with E-state index in [2.05, 4.69) is 16.0 Å². The highest BCUT2D eigenvalue weighted by Gasteiger charge is 2.29.